The summed E-state index contributed by atoms with van der Waals surface area (Å²) in [6.07, 6.45) is 7.59. The van der Waals surface area contributed by atoms with Crippen molar-refractivity contribution >= 4 is 29.1 Å². The number of Topliss-reactive ketones (excluding diaryl/α,β-unsaturated/α-hetero) is 1. The minimum absolute atomic E-state index is 0.0829. The maximum absolute atomic E-state index is 12.9. The maximum Gasteiger partial charge on any atom is 0.344 e. The van der Waals surface area contributed by atoms with E-state index >= 15 is 0 Å². The van der Waals surface area contributed by atoms with Crippen LogP contribution in [0.25, 0.3) is 0 Å². The summed E-state index contributed by atoms with van der Waals surface area (Å²) in [5.41, 5.74) is 3.00. The Balaban J connectivity index is 1.20. The van der Waals surface area contributed by atoms with Crippen LogP contribution in [0.4, 0.5) is 10.5 Å². The lowest BCUT2D eigenvalue weighted by Gasteiger charge is -2.25. The lowest BCUT2D eigenvalue weighted by Crippen LogP contribution is -2.36. The zero-order valence-corrected chi connectivity index (χ0v) is 19.4. The van der Waals surface area contributed by atoms with Gasteiger partial charge in [-0.2, -0.15) is 9.78 Å². The van der Waals surface area contributed by atoms with E-state index in [0.717, 1.165) is 63.7 Å². The summed E-state index contributed by atoms with van der Waals surface area (Å²) in [7, 11) is 0. The first-order chi connectivity index (χ1) is 15.4. The van der Waals surface area contributed by atoms with Gasteiger partial charge in [-0.25, -0.2) is 4.79 Å². The molecule has 7 nitrogen and oxygen atoms in total. The lowest BCUT2D eigenvalue weighted by atomic mass is 9.86. The fourth-order valence-electron chi connectivity index (χ4n) is 5.43. The molecule has 170 valence electrons. The first-order valence-corrected chi connectivity index (χ1v) is 11.9. The average Bonchev–Trinajstić information content (AvgIpc) is 3.58. The molecule has 1 unspecified atom stereocenters. The van der Waals surface area contributed by atoms with Gasteiger partial charge in [0.25, 0.3) is 0 Å². The SMILES string of the molecule is CC(=O)c1cnn(C(=O)N2CCC3(CCN(Cc4ccc(N5CCCC5)cc4Cl)C3)C2)c1. The number of hydrogen-bond acceptors (Lipinski definition) is 5. The van der Waals surface area contributed by atoms with E-state index in [1.165, 1.54) is 48.1 Å². The Morgan fingerprint density at radius 2 is 1.88 bits per heavy atom. The van der Waals surface area contributed by atoms with Gasteiger partial charge >= 0.3 is 6.03 Å². The van der Waals surface area contributed by atoms with E-state index in [2.05, 4.69) is 33.1 Å². The molecule has 3 aliphatic heterocycles. The molecule has 0 aliphatic carbocycles. The van der Waals surface area contributed by atoms with Crippen LogP contribution in [0.5, 0.6) is 0 Å². The third kappa shape index (κ3) is 4.16. The highest BCUT2D eigenvalue weighted by atomic mass is 35.5. The van der Waals surface area contributed by atoms with Crippen LogP contribution in [0, 0.1) is 5.41 Å². The Morgan fingerprint density at radius 3 is 2.59 bits per heavy atom. The van der Waals surface area contributed by atoms with E-state index < -0.39 is 0 Å². The monoisotopic (exact) mass is 455 g/mol. The van der Waals surface area contributed by atoms with Gasteiger partial charge in [0.05, 0.1) is 11.8 Å². The third-order valence-electron chi connectivity index (χ3n) is 7.31. The molecule has 8 heteroatoms. The highest BCUT2D eigenvalue weighted by Crippen LogP contribution is 2.40. The summed E-state index contributed by atoms with van der Waals surface area (Å²) < 4.78 is 1.30. The number of amides is 1. The zero-order chi connectivity index (χ0) is 22.3. The minimum atomic E-state index is -0.145. The highest BCUT2D eigenvalue weighted by Gasteiger charge is 2.45. The summed E-state index contributed by atoms with van der Waals surface area (Å²) in [6, 6.07) is 6.35. The highest BCUT2D eigenvalue weighted by molar-refractivity contribution is 6.31. The molecule has 0 saturated carbocycles. The smallest absolute Gasteiger partial charge is 0.344 e. The normalized spacial score (nSPS) is 23.6. The van der Waals surface area contributed by atoms with Gasteiger partial charge in [-0.05, 0) is 56.8 Å². The maximum atomic E-state index is 12.9. The van der Waals surface area contributed by atoms with E-state index in [1.807, 2.05) is 4.90 Å². The van der Waals surface area contributed by atoms with Crippen LogP contribution < -0.4 is 4.90 Å². The molecule has 1 atom stereocenters. The second-order valence-electron chi connectivity index (χ2n) is 9.61. The van der Waals surface area contributed by atoms with Crippen LogP contribution in [0.3, 0.4) is 0 Å². The molecule has 0 radical (unpaired) electrons. The average molecular weight is 456 g/mol. The van der Waals surface area contributed by atoms with Crippen LogP contribution in [-0.2, 0) is 6.54 Å². The Morgan fingerprint density at radius 1 is 1.09 bits per heavy atom. The molecule has 2 aromatic rings. The van der Waals surface area contributed by atoms with Gasteiger partial charge in [-0.1, -0.05) is 17.7 Å². The number of carbonyl (C=O) groups is 2. The Hall–Kier alpha value is -2.38. The summed E-state index contributed by atoms with van der Waals surface area (Å²) in [5, 5.41) is 4.94. The standard InChI is InChI=1S/C24H30ClN5O2/c1-18(31)20-13-26-30(15-20)23(32)29-11-7-24(17-29)6-10-27(16-24)14-19-4-5-21(12-22(19)25)28-8-2-3-9-28/h4-5,12-13,15H,2-3,6-11,14,16-17H2,1H3. The van der Waals surface area contributed by atoms with Gasteiger partial charge in [-0.15, -0.1) is 0 Å². The predicted molar refractivity (Wildman–Crippen MR) is 124 cm³/mol. The molecule has 3 aliphatic rings. The van der Waals surface area contributed by atoms with Crippen molar-refractivity contribution < 1.29 is 9.59 Å². The molecule has 0 bridgehead atoms. The van der Waals surface area contributed by atoms with Crippen LogP contribution >= 0.6 is 11.6 Å². The number of nitrogens with zero attached hydrogens (tertiary/aromatic N) is 5. The summed E-state index contributed by atoms with van der Waals surface area (Å²) >= 11 is 6.65. The molecule has 4 heterocycles. The molecule has 1 aromatic carbocycles. The number of aromatic nitrogens is 2. The topological polar surface area (TPSA) is 61.7 Å². The van der Waals surface area contributed by atoms with Crippen molar-refractivity contribution in [1.82, 2.24) is 19.6 Å². The summed E-state index contributed by atoms with van der Waals surface area (Å²) in [5.74, 6) is -0.0829. The quantitative estimate of drug-likeness (QED) is 0.654. The molecule has 1 spiro atoms. The van der Waals surface area contributed by atoms with E-state index in [9.17, 15) is 9.59 Å². The van der Waals surface area contributed by atoms with Crippen molar-refractivity contribution in [1.29, 1.82) is 0 Å². The molecule has 0 N–H and O–H groups in total. The lowest BCUT2D eigenvalue weighted by molar-refractivity contribution is 0.101. The Bertz CT molecular complexity index is 1030. The third-order valence-corrected chi connectivity index (χ3v) is 7.66. The number of ketones is 1. The minimum Gasteiger partial charge on any atom is -0.371 e. The van der Waals surface area contributed by atoms with E-state index in [1.54, 1.807) is 0 Å². The van der Waals surface area contributed by atoms with Crippen molar-refractivity contribution in [3.8, 4) is 0 Å². The van der Waals surface area contributed by atoms with E-state index in [-0.39, 0.29) is 17.2 Å². The largest absolute Gasteiger partial charge is 0.371 e. The van der Waals surface area contributed by atoms with Gasteiger partial charge in [0.2, 0.25) is 0 Å². The van der Waals surface area contributed by atoms with Crippen molar-refractivity contribution in [2.24, 2.45) is 5.41 Å². The molecule has 3 fully saturated rings. The van der Waals surface area contributed by atoms with Crippen LogP contribution in [0.2, 0.25) is 5.02 Å². The van der Waals surface area contributed by atoms with Crippen molar-refractivity contribution in [2.75, 3.05) is 44.2 Å². The van der Waals surface area contributed by atoms with E-state index in [4.69, 9.17) is 11.6 Å². The molecule has 3 saturated heterocycles. The first kappa shape index (κ1) is 21.5. The summed E-state index contributed by atoms with van der Waals surface area (Å²) in [4.78, 5) is 31.1. The van der Waals surface area contributed by atoms with Crippen molar-refractivity contribution in [3.05, 3.63) is 46.7 Å². The van der Waals surface area contributed by atoms with Crippen molar-refractivity contribution in [2.45, 2.75) is 39.2 Å². The Kier molecular flexibility index (Phi) is 5.72. The van der Waals surface area contributed by atoms with Gasteiger partial charge in [-0.3, -0.25) is 9.69 Å². The number of rotatable bonds is 4. The van der Waals surface area contributed by atoms with Gasteiger partial charge in [0, 0.05) is 61.6 Å². The molecule has 32 heavy (non-hydrogen) atoms. The molecule has 1 aromatic heterocycles. The molecular weight excluding hydrogens is 426 g/mol. The number of carbonyl (C=O) groups excluding carboxylic acids is 2. The van der Waals surface area contributed by atoms with Gasteiger partial charge in [0.1, 0.15) is 0 Å². The fraction of sp³-hybridized carbons (Fsp3) is 0.542. The zero-order valence-electron chi connectivity index (χ0n) is 18.6. The summed E-state index contributed by atoms with van der Waals surface area (Å²) in [6.45, 7) is 8.02. The van der Waals surface area contributed by atoms with Crippen LogP contribution in [0.15, 0.2) is 30.6 Å². The predicted octanol–water partition coefficient (Wildman–Crippen LogP) is 3.91. The number of benzene rings is 1. The number of likely N-dealkylation sites (tertiary alicyclic amines) is 2. The van der Waals surface area contributed by atoms with Gasteiger partial charge < -0.3 is 9.80 Å². The van der Waals surface area contributed by atoms with Gasteiger partial charge in [0.15, 0.2) is 5.78 Å². The molecule has 5 rings (SSSR count). The Labute approximate surface area is 193 Å². The second-order valence-corrected chi connectivity index (χ2v) is 10.0. The number of hydrogen-bond donors (Lipinski definition) is 0. The molecule has 1 amide bonds. The number of anilines is 1. The fourth-order valence-corrected chi connectivity index (χ4v) is 5.66. The second kappa shape index (κ2) is 8.52. The first-order valence-electron chi connectivity index (χ1n) is 11.5. The van der Waals surface area contributed by atoms with Crippen LogP contribution in [0.1, 0.15) is 48.5 Å². The number of halogens is 1. The molecular formula is C24H30ClN5O2. The van der Waals surface area contributed by atoms with Crippen molar-refractivity contribution in [3.63, 3.8) is 0 Å². The van der Waals surface area contributed by atoms with Crippen LogP contribution in [-0.4, -0.2) is 70.7 Å². The van der Waals surface area contributed by atoms with E-state index in [0.29, 0.717) is 5.56 Å².